The van der Waals surface area contributed by atoms with Crippen molar-refractivity contribution in [3.8, 4) is 11.5 Å². The van der Waals surface area contributed by atoms with E-state index >= 15 is 0 Å². The first kappa shape index (κ1) is 11.7. The highest BCUT2D eigenvalue weighted by Gasteiger charge is 2.16. The summed E-state index contributed by atoms with van der Waals surface area (Å²) in [4.78, 5) is 0. The highest BCUT2D eigenvalue weighted by molar-refractivity contribution is 9.10. The highest BCUT2D eigenvalue weighted by atomic mass is 79.9. The van der Waals surface area contributed by atoms with Crippen LogP contribution in [0.1, 0.15) is 18.4 Å². The number of aromatic hydroxyl groups is 1. The first-order valence-corrected chi connectivity index (χ1v) is 6.28. The molecule has 0 saturated carbocycles. The fourth-order valence-corrected chi connectivity index (χ4v) is 2.61. The molecule has 3 nitrogen and oxygen atoms in total. The molecule has 1 aliphatic rings. The van der Waals surface area contributed by atoms with E-state index in [9.17, 15) is 5.11 Å². The number of nitrogens with one attached hydrogen (secondary N) is 1. The van der Waals surface area contributed by atoms with E-state index in [2.05, 4.69) is 21.2 Å². The zero-order valence-corrected chi connectivity index (χ0v) is 10.9. The van der Waals surface area contributed by atoms with Crippen molar-refractivity contribution < 1.29 is 9.84 Å². The molecular weight excluding hydrogens is 270 g/mol. The molecule has 4 heteroatoms. The predicted octanol–water partition coefficient (Wildman–Crippen LogP) is 2.46. The van der Waals surface area contributed by atoms with Gasteiger partial charge in [-0.1, -0.05) is 0 Å². The van der Waals surface area contributed by atoms with Crippen LogP contribution in [-0.4, -0.2) is 24.8 Å². The molecule has 1 aromatic rings. The Hall–Kier alpha value is -0.740. The number of ether oxygens (including phenoxy) is 1. The van der Waals surface area contributed by atoms with E-state index in [1.165, 1.54) is 18.4 Å². The van der Waals surface area contributed by atoms with Gasteiger partial charge in [0.05, 0.1) is 11.6 Å². The molecule has 0 aromatic heterocycles. The Morgan fingerprint density at radius 3 is 3.00 bits per heavy atom. The van der Waals surface area contributed by atoms with Crippen molar-refractivity contribution in [1.29, 1.82) is 0 Å². The smallest absolute Gasteiger partial charge is 0.172 e. The van der Waals surface area contributed by atoms with Crippen molar-refractivity contribution in [2.24, 2.45) is 0 Å². The number of benzene rings is 1. The van der Waals surface area contributed by atoms with E-state index in [0.29, 0.717) is 16.3 Å². The van der Waals surface area contributed by atoms with Crippen LogP contribution >= 0.6 is 15.9 Å². The Morgan fingerprint density at radius 1 is 1.56 bits per heavy atom. The van der Waals surface area contributed by atoms with Crippen molar-refractivity contribution in [3.05, 3.63) is 22.2 Å². The molecular formula is C12H16BrNO2. The summed E-state index contributed by atoms with van der Waals surface area (Å²) in [6, 6.07) is 4.42. The summed E-state index contributed by atoms with van der Waals surface area (Å²) < 4.78 is 5.82. The van der Waals surface area contributed by atoms with Gasteiger partial charge in [-0.3, -0.25) is 0 Å². The molecule has 1 heterocycles. The Bertz CT molecular complexity index is 376. The average Bonchev–Trinajstić information content (AvgIpc) is 2.76. The molecule has 1 fully saturated rings. The number of phenolic OH excluding ortho intramolecular Hbond substituents is 1. The maximum absolute atomic E-state index is 9.70. The molecule has 0 aliphatic carbocycles. The van der Waals surface area contributed by atoms with Gasteiger partial charge in [-0.2, -0.15) is 0 Å². The molecule has 1 unspecified atom stereocenters. The van der Waals surface area contributed by atoms with Gasteiger partial charge < -0.3 is 15.2 Å². The van der Waals surface area contributed by atoms with Crippen LogP contribution in [0.15, 0.2) is 16.6 Å². The van der Waals surface area contributed by atoms with Crippen molar-refractivity contribution in [1.82, 2.24) is 5.32 Å². The van der Waals surface area contributed by atoms with Crippen molar-refractivity contribution in [2.75, 3.05) is 13.7 Å². The van der Waals surface area contributed by atoms with E-state index < -0.39 is 0 Å². The molecule has 0 spiro atoms. The average molecular weight is 286 g/mol. The Balaban J connectivity index is 2.17. The van der Waals surface area contributed by atoms with Gasteiger partial charge in [0, 0.05) is 6.04 Å². The van der Waals surface area contributed by atoms with E-state index in [4.69, 9.17) is 4.74 Å². The zero-order chi connectivity index (χ0) is 11.5. The summed E-state index contributed by atoms with van der Waals surface area (Å²) in [7, 11) is 1.57. The Kier molecular flexibility index (Phi) is 3.71. The number of methoxy groups -OCH3 is 1. The first-order valence-electron chi connectivity index (χ1n) is 5.49. The lowest BCUT2D eigenvalue weighted by atomic mass is 10.0. The third-order valence-electron chi connectivity index (χ3n) is 2.95. The van der Waals surface area contributed by atoms with Crippen LogP contribution in [0.5, 0.6) is 11.5 Å². The lowest BCUT2D eigenvalue weighted by Crippen LogP contribution is -2.23. The fourth-order valence-electron chi connectivity index (χ4n) is 2.12. The lowest BCUT2D eigenvalue weighted by Gasteiger charge is -2.12. The third-order valence-corrected chi connectivity index (χ3v) is 3.56. The summed E-state index contributed by atoms with van der Waals surface area (Å²) in [5, 5.41) is 13.2. The van der Waals surface area contributed by atoms with Gasteiger partial charge in [-0.05, 0) is 59.4 Å². The number of hydrogen-bond donors (Lipinski definition) is 2. The van der Waals surface area contributed by atoms with Gasteiger partial charge in [0.2, 0.25) is 0 Å². The van der Waals surface area contributed by atoms with Crippen molar-refractivity contribution >= 4 is 15.9 Å². The molecule has 2 rings (SSSR count). The molecule has 0 radical (unpaired) electrons. The van der Waals surface area contributed by atoms with Crippen molar-refractivity contribution in [2.45, 2.75) is 25.3 Å². The molecule has 1 aliphatic heterocycles. The molecule has 16 heavy (non-hydrogen) atoms. The second-order valence-electron chi connectivity index (χ2n) is 4.13. The van der Waals surface area contributed by atoms with E-state index in [1.54, 1.807) is 7.11 Å². The third kappa shape index (κ3) is 2.50. The molecule has 0 amide bonds. The summed E-state index contributed by atoms with van der Waals surface area (Å²) in [6.07, 6.45) is 3.46. The second-order valence-corrected chi connectivity index (χ2v) is 4.98. The van der Waals surface area contributed by atoms with Gasteiger partial charge in [-0.15, -0.1) is 0 Å². The topological polar surface area (TPSA) is 41.5 Å². The van der Waals surface area contributed by atoms with Gasteiger partial charge in [0.15, 0.2) is 11.5 Å². The quantitative estimate of drug-likeness (QED) is 0.897. The summed E-state index contributed by atoms with van der Waals surface area (Å²) in [5.74, 6) is 0.702. The minimum atomic E-state index is 0.172. The SMILES string of the molecule is COc1cc(CC2CCCN2)cc(Br)c1O. The number of rotatable bonds is 3. The van der Waals surface area contributed by atoms with Crippen LogP contribution in [0.25, 0.3) is 0 Å². The standard InChI is InChI=1S/C12H16BrNO2/c1-16-11-7-8(6-10(13)12(11)15)5-9-3-2-4-14-9/h6-7,9,14-15H,2-5H2,1H3. The maximum Gasteiger partial charge on any atom is 0.172 e. The summed E-state index contributed by atoms with van der Waals surface area (Å²) in [6.45, 7) is 1.11. The Labute approximate surface area is 104 Å². The molecule has 1 aromatic carbocycles. The maximum atomic E-state index is 9.70. The second kappa shape index (κ2) is 5.06. The van der Waals surface area contributed by atoms with E-state index in [0.717, 1.165) is 13.0 Å². The first-order chi connectivity index (χ1) is 7.70. The largest absolute Gasteiger partial charge is 0.503 e. The van der Waals surface area contributed by atoms with Crippen LogP contribution in [0.4, 0.5) is 0 Å². The van der Waals surface area contributed by atoms with E-state index in [-0.39, 0.29) is 5.75 Å². The van der Waals surface area contributed by atoms with Crippen LogP contribution in [0.2, 0.25) is 0 Å². The van der Waals surface area contributed by atoms with Crippen LogP contribution < -0.4 is 10.1 Å². The minimum absolute atomic E-state index is 0.172. The molecule has 0 bridgehead atoms. The molecule has 2 N–H and O–H groups in total. The summed E-state index contributed by atoms with van der Waals surface area (Å²) in [5.41, 5.74) is 1.18. The molecule has 1 atom stereocenters. The monoisotopic (exact) mass is 285 g/mol. The fraction of sp³-hybridized carbons (Fsp3) is 0.500. The zero-order valence-electron chi connectivity index (χ0n) is 9.29. The predicted molar refractivity (Wildman–Crippen MR) is 67.1 cm³/mol. The number of phenols is 1. The van der Waals surface area contributed by atoms with Gasteiger partial charge in [-0.25, -0.2) is 0 Å². The van der Waals surface area contributed by atoms with Crippen molar-refractivity contribution in [3.63, 3.8) is 0 Å². The van der Waals surface area contributed by atoms with Gasteiger partial charge in [0.25, 0.3) is 0 Å². The molecule has 88 valence electrons. The van der Waals surface area contributed by atoms with Gasteiger partial charge >= 0.3 is 0 Å². The lowest BCUT2D eigenvalue weighted by molar-refractivity contribution is 0.371. The number of halogens is 1. The van der Waals surface area contributed by atoms with Gasteiger partial charge in [0.1, 0.15) is 0 Å². The number of hydrogen-bond acceptors (Lipinski definition) is 3. The highest BCUT2D eigenvalue weighted by Crippen LogP contribution is 2.35. The van der Waals surface area contributed by atoms with E-state index in [1.807, 2.05) is 12.1 Å². The van der Waals surface area contributed by atoms with Crippen LogP contribution in [-0.2, 0) is 6.42 Å². The molecule has 1 saturated heterocycles. The Morgan fingerprint density at radius 2 is 2.38 bits per heavy atom. The summed E-state index contributed by atoms with van der Waals surface area (Å²) >= 11 is 3.34. The normalized spacial score (nSPS) is 20.0. The minimum Gasteiger partial charge on any atom is -0.503 e. The van der Waals surface area contributed by atoms with Crippen LogP contribution in [0, 0.1) is 0 Å². The van der Waals surface area contributed by atoms with Crippen LogP contribution in [0.3, 0.4) is 0 Å².